The van der Waals surface area contributed by atoms with Crippen LogP contribution in [0.5, 0.6) is 23.0 Å². The van der Waals surface area contributed by atoms with E-state index in [2.05, 4.69) is 0 Å². The van der Waals surface area contributed by atoms with Crippen LogP contribution in [0.4, 0.5) is 0 Å². The van der Waals surface area contributed by atoms with E-state index in [4.69, 9.17) is 34.0 Å². The van der Waals surface area contributed by atoms with Crippen LogP contribution in [0.2, 0.25) is 0 Å². The summed E-state index contributed by atoms with van der Waals surface area (Å²) in [5.41, 5.74) is -0.163. The first-order valence-electron chi connectivity index (χ1n) is 13.6. The van der Waals surface area contributed by atoms with Crippen molar-refractivity contribution in [1.29, 1.82) is 0 Å². The third-order valence-corrected chi connectivity index (χ3v) is 3.47. The van der Waals surface area contributed by atoms with Gasteiger partial charge in [0.1, 0.15) is 0 Å². The van der Waals surface area contributed by atoms with E-state index in [0.717, 1.165) is 24.3 Å². The molecule has 2 aromatic carbocycles. The molecule has 0 radical (unpaired) electrons. The van der Waals surface area contributed by atoms with Crippen molar-refractivity contribution in [2.45, 2.75) is 6.40 Å². The summed E-state index contributed by atoms with van der Waals surface area (Å²) in [6, 6.07) is 3.39. The number of carbonyl (C=O) groups excluding carboxylic acids is 2. The van der Waals surface area contributed by atoms with Crippen molar-refractivity contribution in [3.05, 3.63) is 59.6 Å². The van der Waals surface area contributed by atoms with Crippen molar-refractivity contribution >= 4 is 23.7 Å². The van der Waals surface area contributed by atoms with Crippen molar-refractivity contribution in [2.24, 2.45) is 0 Å². The maximum absolute atomic E-state index is 12.7. The first-order valence-corrected chi connectivity index (χ1v) is 8.00. The van der Waals surface area contributed by atoms with Crippen molar-refractivity contribution < 1.29 is 43.6 Å². The lowest BCUT2D eigenvalue weighted by molar-refractivity contribution is -0.121. The van der Waals surface area contributed by atoms with Crippen LogP contribution in [0, 0.1) is 0 Å². The fraction of sp³-hybridized carbons (Fsp3) is 0.217. The summed E-state index contributed by atoms with van der Waals surface area (Å²) in [6.07, 6.45) is -2.35. The van der Waals surface area contributed by atoms with Crippen molar-refractivity contribution in [1.82, 2.24) is 0 Å². The largest absolute Gasteiger partial charge is 0.493 e. The molecular weight excluding hydrogens is 372 g/mol. The highest BCUT2D eigenvalue weighted by molar-refractivity contribution is 6.10. The Kier molecular flexibility index (Phi) is 4.01. The molecule has 0 N–H and O–H groups in total. The molecule has 0 aliphatic carbocycles. The minimum absolute atomic E-state index is 0.0815. The fourth-order valence-electron chi connectivity index (χ4n) is 2.12. The molecule has 0 saturated carbocycles. The number of hydrogen-bond donors (Lipinski definition) is 0. The average Bonchev–Trinajstić information content (AvgIpc) is 2.88. The molecule has 0 amide bonds. The van der Waals surface area contributed by atoms with Gasteiger partial charge >= 0.3 is 0 Å². The van der Waals surface area contributed by atoms with Crippen LogP contribution in [-0.2, 0) is 9.59 Å². The molecule has 0 aliphatic rings. The van der Waals surface area contributed by atoms with Gasteiger partial charge in [-0.25, -0.2) is 0 Å². The van der Waals surface area contributed by atoms with E-state index in [0.29, 0.717) is 0 Å². The number of rotatable bonds is 10. The SMILES string of the molecule is [2H]/C(C(=O)C([2H])C(=O)/C([2H])=C(\[2H])c1ccc(OC([2H])([2H])[2H])c(OC)c1)=C(/[2H])c1ccc(OC([2H])([2H])[2H])c(OC)c1. The molecule has 0 atom stereocenters. The summed E-state index contributed by atoms with van der Waals surface area (Å²) in [6.45, 7) is 0. The van der Waals surface area contributed by atoms with E-state index in [1.807, 2.05) is 0 Å². The lowest BCUT2D eigenvalue weighted by Gasteiger charge is -2.07. The third-order valence-electron chi connectivity index (χ3n) is 3.47. The highest BCUT2D eigenvalue weighted by atomic mass is 16.5. The zero-order chi connectivity index (χ0) is 30.6. The lowest BCUT2D eigenvalue weighted by Crippen LogP contribution is -2.02. The second-order valence-corrected chi connectivity index (χ2v) is 5.31. The Labute approximate surface area is 185 Å². The normalized spacial score (nSPS) is 19.7. The molecule has 0 fully saturated rings. The van der Waals surface area contributed by atoms with Crippen molar-refractivity contribution in [2.75, 3.05) is 28.3 Å². The van der Waals surface area contributed by atoms with Gasteiger partial charge in [0.15, 0.2) is 34.6 Å². The number of ether oxygens (including phenoxy) is 4. The summed E-state index contributed by atoms with van der Waals surface area (Å²) in [4.78, 5) is 25.4. The number of hydrogen-bond acceptors (Lipinski definition) is 6. The van der Waals surface area contributed by atoms with E-state index < -0.39 is 56.2 Å². The van der Waals surface area contributed by atoms with E-state index >= 15 is 0 Å². The van der Waals surface area contributed by atoms with Crippen LogP contribution in [0.25, 0.3) is 12.1 Å². The summed E-state index contributed by atoms with van der Waals surface area (Å²) >= 11 is 0. The van der Waals surface area contributed by atoms with Gasteiger partial charge in [0, 0.05) is 1.37 Å². The highest BCUT2D eigenvalue weighted by Crippen LogP contribution is 2.28. The van der Waals surface area contributed by atoms with Gasteiger partial charge in [-0.05, 0) is 47.5 Å². The predicted octanol–water partition coefficient (Wildman–Crippen LogP) is 3.98. The van der Waals surface area contributed by atoms with Gasteiger partial charge < -0.3 is 18.9 Å². The van der Waals surface area contributed by atoms with Crippen LogP contribution >= 0.6 is 0 Å². The fourth-order valence-corrected chi connectivity index (χ4v) is 2.12. The summed E-state index contributed by atoms with van der Waals surface area (Å²) in [5, 5.41) is 0. The smallest absolute Gasteiger partial charge is 0.163 e. The average molecular weight is 408 g/mol. The third kappa shape index (κ3) is 6.24. The zero-order valence-corrected chi connectivity index (χ0v) is 15.5. The Bertz CT molecular complexity index is 1240. The number of carbonyl (C=O) groups is 2. The molecule has 2 aromatic rings. The molecule has 0 aliphatic heterocycles. The van der Waals surface area contributed by atoms with Gasteiger partial charge in [0.2, 0.25) is 0 Å². The second-order valence-electron chi connectivity index (χ2n) is 5.31. The minimum atomic E-state index is -2.79. The first kappa shape index (κ1) is 10.9. The Morgan fingerprint density at radius 3 is 1.66 bits per heavy atom. The summed E-state index contributed by atoms with van der Waals surface area (Å²) in [5.74, 6) is -3.45. The van der Waals surface area contributed by atoms with Crippen LogP contribution in [0.15, 0.2) is 48.5 Å². The maximum atomic E-state index is 12.7. The molecular formula is C23H24O6. The van der Waals surface area contributed by atoms with Gasteiger partial charge in [-0.1, -0.05) is 24.2 Å². The zero-order valence-electron chi connectivity index (χ0n) is 26.5. The molecule has 6 heteroatoms. The van der Waals surface area contributed by atoms with Crippen LogP contribution < -0.4 is 18.9 Å². The molecule has 0 bridgehead atoms. The Balaban J connectivity index is 2.35. The highest BCUT2D eigenvalue weighted by Gasteiger charge is 2.07. The van der Waals surface area contributed by atoms with E-state index in [9.17, 15) is 9.59 Å². The molecule has 0 saturated heterocycles. The first-order chi connectivity index (χ1) is 18.4. The standard InChI is InChI=1S/C23H24O6/c1-26-20-11-7-16(13-22(20)28-3)5-9-18(24)15-19(25)10-6-17-8-12-21(27-2)23(14-17)29-4/h5-14H,15H2,1-4H3/b9-5+,10-6+/i1D3,2D3,5D,6D,9D,10D,15D. The molecule has 0 spiro atoms. The number of allylic oxidation sites excluding steroid dienone is 2. The van der Waals surface area contributed by atoms with Gasteiger partial charge in [0.25, 0.3) is 0 Å². The van der Waals surface area contributed by atoms with Gasteiger partial charge in [-0.15, -0.1) is 0 Å². The Hall–Kier alpha value is -3.54. The molecule has 152 valence electrons. The summed E-state index contributed by atoms with van der Waals surface area (Å²) < 4.78 is 103. The minimum Gasteiger partial charge on any atom is -0.493 e. The quantitative estimate of drug-likeness (QED) is 0.438. The van der Waals surface area contributed by atoms with E-state index in [-0.39, 0.29) is 34.1 Å². The number of ketones is 2. The second kappa shape index (κ2) is 10.7. The van der Waals surface area contributed by atoms with E-state index in [1.165, 1.54) is 26.4 Å². The van der Waals surface area contributed by atoms with E-state index in [1.54, 1.807) is 0 Å². The van der Waals surface area contributed by atoms with Crippen LogP contribution in [0.1, 0.15) is 32.6 Å². The Morgan fingerprint density at radius 1 is 0.828 bits per heavy atom. The molecule has 0 aromatic heterocycles. The van der Waals surface area contributed by atoms with Gasteiger partial charge in [-0.3, -0.25) is 9.59 Å². The van der Waals surface area contributed by atoms with Gasteiger partial charge in [-0.2, -0.15) is 0 Å². The van der Waals surface area contributed by atoms with Crippen LogP contribution in [-0.4, -0.2) is 39.9 Å². The molecule has 0 heterocycles. The lowest BCUT2D eigenvalue weighted by atomic mass is 10.1. The summed E-state index contributed by atoms with van der Waals surface area (Å²) in [7, 11) is -3.18. The predicted molar refractivity (Wildman–Crippen MR) is 112 cm³/mol. The number of methoxy groups -OCH3 is 4. The monoisotopic (exact) mass is 407 g/mol. The van der Waals surface area contributed by atoms with Crippen molar-refractivity contribution in [3.63, 3.8) is 0 Å². The topological polar surface area (TPSA) is 71.1 Å². The van der Waals surface area contributed by atoms with Crippen molar-refractivity contribution in [3.8, 4) is 23.0 Å². The maximum Gasteiger partial charge on any atom is 0.163 e. The molecule has 6 nitrogen and oxygen atoms in total. The molecule has 0 unspecified atom stereocenters. The molecule has 2 rings (SSSR count). The Morgan fingerprint density at radius 2 is 1.28 bits per heavy atom. The number of benzene rings is 2. The van der Waals surface area contributed by atoms with Gasteiger partial charge in [0.05, 0.1) is 48.4 Å². The molecule has 29 heavy (non-hydrogen) atoms. The van der Waals surface area contributed by atoms with Crippen LogP contribution in [0.3, 0.4) is 0 Å².